The molecule has 0 heterocycles. The maximum Gasteiger partial charge on any atom is 0.240 e. The maximum absolute atomic E-state index is 12.2. The number of halogens is 1. The Bertz CT molecular complexity index is 759. The highest BCUT2D eigenvalue weighted by Gasteiger charge is 2.16. The molecule has 0 radical (unpaired) electrons. The molecule has 0 spiro atoms. The molecular weight excluding hydrogens is 368 g/mol. The Kier molecular flexibility index (Phi) is 6.15. The molecule has 2 aromatic rings. The number of amides is 2. The SMILES string of the molecule is CC(=O)N(CC(=O)NCc1cccc(C)c1)c1ccc(C)c(Br)c1. The molecule has 0 aliphatic carbocycles. The Labute approximate surface area is 151 Å². The van der Waals surface area contributed by atoms with Crippen molar-refractivity contribution in [3.8, 4) is 0 Å². The Morgan fingerprint density at radius 1 is 1.12 bits per heavy atom. The molecular formula is C19H21BrN2O2. The van der Waals surface area contributed by atoms with Gasteiger partial charge in [0.15, 0.2) is 0 Å². The summed E-state index contributed by atoms with van der Waals surface area (Å²) >= 11 is 3.46. The quantitative estimate of drug-likeness (QED) is 0.847. The van der Waals surface area contributed by atoms with Crippen LogP contribution in [0.5, 0.6) is 0 Å². The summed E-state index contributed by atoms with van der Waals surface area (Å²) in [5.74, 6) is -0.361. The van der Waals surface area contributed by atoms with Crippen molar-refractivity contribution in [1.82, 2.24) is 5.32 Å². The van der Waals surface area contributed by atoms with Gasteiger partial charge in [0.2, 0.25) is 11.8 Å². The average molecular weight is 389 g/mol. The first kappa shape index (κ1) is 18.2. The Morgan fingerprint density at radius 3 is 2.50 bits per heavy atom. The number of aryl methyl sites for hydroxylation is 2. The van der Waals surface area contributed by atoms with Gasteiger partial charge in [-0.1, -0.05) is 51.8 Å². The molecule has 0 fully saturated rings. The fraction of sp³-hybridized carbons (Fsp3) is 0.263. The zero-order valence-electron chi connectivity index (χ0n) is 14.1. The van der Waals surface area contributed by atoms with E-state index in [0.717, 1.165) is 21.2 Å². The monoisotopic (exact) mass is 388 g/mol. The van der Waals surface area contributed by atoms with Crippen molar-refractivity contribution in [2.45, 2.75) is 27.3 Å². The summed E-state index contributed by atoms with van der Waals surface area (Å²) in [5.41, 5.74) is 3.96. The Morgan fingerprint density at radius 2 is 1.88 bits per heavy atom. The lowest BCUT2D eigenvalue weighted by molar-refractivity contribution is -0.123. The van der Waals surface area contributed by atoms with Gasteiger partial charge in [-0.25, -0.2) is 0 Å². The summed E-state index contributed by atoms with van der Waals surface area (Å²) in [7, 11) is 0. The van der Waals surface area contributed by atoms with Crippen molar-refractivity contribution in [2.75, 3.05) is 11.4 Å². The fourth-order valence-electron chi connectivity index (χ4n) is 2.36. The number of nitrogens with zero attached hydrogens (tertiary/aromatic N) is 1. The van der Waals surface area contributed by atoms with Gasteiger partial charge in [-0.05, 0) is 37.1 Å². The number of carbonyl (C=O) groups excluding carboxylic acids is 2. The number of rotatable bonds is 5. The van der Waals surface area contributed by atoms with E-state index < -0.39 is 0 Å². The second kappa shape index (κ2) is 8.11. The summed E-state index contributed by atoms with van der Waals surface area (Å²) in [5, 5.41) is 2.86. The molecule has 5 heteroatoms. The molecule has 4 nitrogen and oxygen atoms in total. The standard InChI is InChI=1S/C19H21BrN2O2/c1-13-5-4-6-16(9-13)11-21-19(24)12-22(15(3)23)17-8-7-14(2)18(20)10-17/h4-10H,11-12H2,1-3H3,(H,21,24). The van der Waals surface area contributed by atoms with Crippen LogP contribution in [0.3, 0.4) is 0 Å². The third-order valence-corrected chi connectivity index (χ3v) is 4.58. The van der Waals surface area contributed by atoms with Crippen molar-refractivity contribution < 1.29 is 9.59 Å². The van der Waals surface area contributed by atoms with E-state index in [9.17, 15) is 9.59 Å². The van der Waals surface area contributed by atoms with E-state index in [0.29, 0.717) is 12.2 Å². The highest BCUT2D eigenvalue weighted by Crippen LogP contribution is 2.23. The van der Waals surface area contributed by atoms with Crippen molar-refractivity contribution in [1.29, 1.82) is 0 Å². The van der Waals surface area contributed by atoms with Crippen LogP contribution < -0.4 is 10.2 Å². The first-order chi connectivity index (χ1) is 11.4. The molecule has 2 aromatic carbocycles. The molecule has 126 valence electrons. The second-order valence-electron chi connectivity index (χ2n) is 5.80. The summed E-state index contributed by atoms with van der Waals surface area (Å²) in [6.45, 7) is 5.89. The molecule has 0 atom stereocenters. The summed E-state index contributed by atoms with van der Waals surface area (Å²) in [4.78, 5) is 25.6. The van der Waals surface area contributed by atoms with E-state index in [1.807, 2.05) is 56.3 Å². The zero-order chi connectivity index (χ0) is 17.7. The summed E-state index contributed by atoms with van der Waals surface area (Å²) < 4.78 is 0.909. The van der Waals surface area contributed by atoms with Gasteiger partial charge in [-0.3, -0.25) is 9.59 Å². The van der Waals surface area contributed by atoms with E-state index >= 15 is 0 Å². The number of anilines is 1. The lowest BCUT2D eigenvalue weighted by Gasteiger charge is -2.21. The Balaban J connectivity index is 2.03. The van der Waals surface area contributed by atoms with Gasteiger partial charge in [0.25, 0.3) is 0 Å². The van der Waals surface area contributed by atoms with Crippen molar-refractivity contribution in [2.24, 2.45) is 0 Å². The van der Waals surface area contributed by atoms with Gasteiger partial charge in [0, 0.05) is 23.6 Å². The van der Waals surface area contributed by atoms with E-state index in [4.69, 9.17) is 0 Å². The predicted octanol–water partition coefficient (Wildman–Crippen LogP) is 3.74. The van der Waals surface area contributed by atoms with Crippen molar-refractivity contribution in [3.63, 3.8) is 0 Å². The van der Waals surface area contributed by atoms with Crippen LogP contribution in [0.15, 0.2) is 46.9 Å². The number of benzene rings is 2. The number of nitrogens with one attached hydrogen (secondary N) is 1. The van der Waals surface area contributed by atoms with Crippen LogP contribution in [0, 0.1) is 13.8 Å². The van der Waals surface area contributed by atoms with Crippen molar-refractivity contribution in [3.05, 3.63) is 63.6 Å². The molecule has 0 unspecified atom stereocenters. The van der Waals surface area contributed by atoms with E-state index in [1.54, 1.807) is 0 Å². The number of hydrogen-bond donors (Lipinski definition) is 1. The van der Waals surface area contributed by atoms with Crippen LogP contribution in [0.25, 0.3) is 0 Å². The first-order valence-corrected chi connectivity index (χ1v) is 8.52. The molecule has 24 heavy (non-hydrogen) atoms. The van der Waals surface area contributed by atoms with Gasteiger partial charge in [0.1, 0.15) is 6.54 Å². The van der Waals surface area contributed by atoms with Crippen molar-refractivity contribution >= 4 is 33.4 Å². The average Bonchev–Trinajstić information content (AvgIpc) is 2.53. The molecule has 0 aromatic heterocycles. The number of carbonyl (C=O) groups is 2. The lowest BCUT2D eigenvalue weighted by Crippen LogP contribution is -2.39. The highest BCUT2D eigenvalue weighted by atomic mass is 79.9. The van der Waals surface area contributed by atoms with E-state index in [2.05, 4.69) is 21.2 Å². The van der Waals surface area contributed by atoms with Gasteiger partial charge >= 0.3 is 0 Å². The van der Waals surface area contributed by atoms with E-state index in [-0.39, 0.29) is 18.4 Å². The second-order valence-corrected chi connectivity index (χ2v) is 6.66. The Hall–Kier alpha value is -2.14. The molecule has 2 amide bonds. The smallest absolute Gasteiger partial charge is 0.240 e. The maximum atomic E-state index is 12.2. The van der Waals surface area contributed by atoms with Gasteiger partial charge < -0.3 is 10.2 Å². The molecule has 0 bridgehead atoms. The van der Waals surface area contributed by atoms with Crippen LogP contribution in [-0.4, -0.2) is 18.4 Å². The third-order valence-electron chi connectivity index (χ3n) is 3.72. The normalized spacial score (nSPS) is 10.3. The van der Waals surface area contributed by atoms with Crippen LogP contribution in [0.1, 0.15) is 23.6 Å². The molecule has 0 aliphatic rings. The summed E-state index contributed by atoms with van der Waals surface area (Å²) in [6.07, 6.45) is 0. The third kappa shape index (κ3) is 4.93. The molecule has 2 rings (SSSR count). The van der Waals surface area contributed by atoms with Gasteiger partial charge in [0.05, 0.1) is 0 Å². The molecule has 0 aliphatic heterocycles. The van der Waals surface area contributed by atoms with Crippen LogP contribution >= 0.6 is 15.9 Å². The highest BCUT2D eigenvalue weighted by molar-refractivity contribution is 9.10. The number of hydrogen-bond acceptors (Lipinski definition) is 2. The van der Waals surface area contributed by atoms with Crippen LogP contribution in [0.4, 0.5) is 5.69 Å². The zero-order valence-corrected chi connectivity index (χ0v) is 15.7. The lowest BCUT2D eigenvalue weighted by atomic mass is 10.1. The minimum atomic E-state index is -0.191. The molecule has 0 saturated heterocycles. The predicted molar refractivity (Wildman–Crippen MR) is 99.9 cm³/mol. The van der Waals surface area contributed by atoms with Crippen LogP contribution in [-0.2, 0) is 16.1 Å². The largest absolute Gasteiger partial charge is 0.350 e. The van der Waals surface area contributed by atoms with E-state index in [1.165, 1.54) is 11.8 Å². The molecule has 0 saturated carbocycles. The minimum Gasteiger partial charge on any atom is -0.350 e. The van der Waals surface area contributed by atoms with Gasteiger partial charge in [-0.15, -0.1) is 0 Å². The van der Waals surface area contributed by atoms with Crippen LogP contribution in [0.2, 0.25) is 0 Å². The minimum absolute atomic E-state index is 0.00332. The molecule has 1 N–H and O–H groups in total. The summed E-state index contributed by atoms with van der Waals surface area (Å²) in [6, 6.07) is 13.6. The first-order valence-electron chi connectivity index (χ1n) is 7.73. The fourth-order valence-corrected chi connectivity index (χ4v) is 2.72. The topological polar surface area (TPSA) is 49.4 Å². The van der Waals surface area contributed by atoms with Gasteiger partial charge in [-0.2, -0.15) is 0 Å².